The van der Waals surface area contributed by atoms with E-state index in [0.29, 0.717) is 0 Å². The van der Waals surface area contributed by atoms with E-state index in [1.807, 2.05) is 0 Å². The van der Waals surface area contributed by atoms with E-state index in [0.717, 1.165) is 30.6 Å². The zero-order valence-electron chi connectivity index (χ0n) is 10.4. The predicted molar refractivity (Wildman–Crippen MR) is 66.6 cm³/mol. The fourth-order valence-electron chi connectivity index (χ4n) is 2.43. The van der Waals surface area contributed by atoms with Crippen LogP contribution < -0.4 is 4.90 Å². The van der Waals surface area contributed by atoms with Gasteiger partial charge in [0, 0.05) is 24.3 Å². The third kappa shape index (κ3) is 2.96. The minimum Gasteiger partial charge on any atom is -0.371 e. The van der Waals surface area contributed by atoms with Crippen LogP contribution in [-0.4, -0.2) is 13.1 Å². The van der Waals surface area contributed by atoms with E-state index in [9.17, 15) is 8.78 Å². The molecule has 1 fully saturated rings. The van der Waals surface area contributed by atoms with Crippen LogP contribution in [0.25, 0.3) is 0 Å². The summed E-state index contributed by atoms with van der Waals surface area (Å²) in [5, 5.41) is 0. The van der Waals surface area contributed by atoms with Gasteiger partial charge >= 0.3 is 0 Å². The SMILES string of the molecule is CC(C)CC1CN(c2ccc(C(F)F)cc2)C1. The molecule has 0 spiro atoms. The Morgan fingerprint density at radius 1 is 1.18 bits per heavy atom. The van der Waals surface area contributed by atoms with Crippen LogP contribution in [0.15, 0.2) is 24.3 Å². The summed E-state index contributed by atoms with van der Waals surface area (Å²) in [6.07, 6.45) is -1.11. The summed E-state index contributed by atoms with van der Waals surface area (Å²) in [5.74, 6) is 1.51. The number of benzene rings is 1. The number of rotatable bonds is 4. The Kier molecular flexibility index (Phi) is 3.65. The van der Waals surface area contributed by atoms with Gasteiger partial charge in [-0.25, -0.2) is 8.78 Å². The van der Waals surface area contributed by atoms with Gasteiger partial charge in [-0.05, 0) is 30.4 Å². The van der Waals surface area contributed by atoms with E-state index >= 15 is 0 Å². The standard InChI is InChI=1S/C14H19F2N/c1-10(2)7-11-8-17(9-11)13-5-3-12(4-6-13)14(15)16/h3-6,10-11,14H,7-9H2,1-2H3. The Hall–Kier alpha value is -1.12. The molecule has 1 heterocycles. The topological polar surface area (TPSA) is 3.24 Å². The zero-order valence-corrected chi connectivity index (χ0v) is 10.4. The van der Waals surface area contributed by atoms with Gasteiger partial charge in [0.2, 0.25) is 0 Å². The summed E-state index contributed by atoms with van der Waals surface area (Å²) in [7, 11) is 0. The molecular weight excluding hydrogens is 220 g/mol. The first-order chi connectivity index (χ1) is 8.06. The van der Waals surface area contributed by atoms with Crippen molar-refractivity contribution in [2.45, 2.75) is 26.7 Å². The molecule has 94 valence electrons. The summed E-state index contributed by atoms with van der Waals surface area (Å²) >= 11 is 0. The van der Waals surface area contributed by atoms with Crippen LogP contribution in [0.4, 0.5) is 14.5 Å². The molecule has 0 atom stereocenters. The van der Waals surface area contributed by atoms with Gasteiger partial charge in [-0.15, -0.1) is 0 Å². The second kappa shape index (κ2) is 5.03. The monoisotopic (exact) mass is 239 g/mol. The Bertz CT molecular complexity index is 353. The van der Waals surface area contributed by atoms with Crippen molar-refractivity contribution in [1.82, 2.24) is 0 Å². The molecule has 1 aliphatic heterocycles. The second-order valence-corrected chi connectivity index (χ2v) is 5.29. The summed E-state index contributed by atoms with van der Waals surface area (Å²) < 4.78 is 24.8. The van der Waals surface area contributed by atoms with Gasteiger partial charge in [0.15, 0.2) is 0 Å². The largest absolute Gasteiger partial charge is 0.371 e. The fourth-order valence-corrected chi connectivity index (χ4v) is 2.43. The number of nitrogens with zero attached hydrogens (tertiary/aromatic N) is 1. The third-order valence-corrected chi connectivity index (χ3v) is 3.27. The fraction of sp³-hybridized carbons (Fsp3) is 0.571. The Balaban J connectivity index is 1.88. The van der Waals surface area contributed by atoms with Crippen molar-refractivity contribution in [2.75, 3.05) is 18.0 Å². The summed E-state index contributed by atoms with van der Waals surface area (Å²) in [6.45, 7) is 6.60. The van der Waals surface area contributed by atoms with E-state index in [1.165, 1.54) is 18.6 Å². The molecule has 0 saturated carbocycles. The first kappa shape index (κ1) is 12.3. The lowest BCUT2D eigenvalue weighted by molar-refractivity contribution is 0.151. The van der Waals surface area contributed by atoms with E-state index in [4.69, 9.17) is 0 Å². The van der Waals surface area contributed by atoms with Gasteiger partial charge in [0.25, 0.3) is 6.43 Å². The van der Waals surface area contributed by atoms with Gasteiger partial charge in [-0.1, -0.05) is 26.0 Å². The molecule has 17 heavy (non-hydrogen) atoms. The molecule has 2 rings (SSSR count). The molecule has 3 heteroatoms. The lowest BCUT2D eigenvalue weighted by Gasteiger charge is -2.42. The summed E-state index contributed by atoms with van der Waals surface area (Å²) in [6, 6.07) is 6.64. The second-order valence-electron chi connectivity index (χ2n) is 5.29. The number of alkyl halides is 2. The highest BCUT2D eigenvalue weighted by atomic mass is 19.3. The average molecular weight is 239 g/mol. The van der Waals surface area contributed by atoms with Gasteiger partial charge in [0.1, 0.15) is 0 Å². The van der Waals surface area contributed by atoms with Gasteiger partial charge in [-0.2, -0.15) is 0 Å². The van der Waals surface area contributed by atoms with Crippen molar-refractivity contribution in [2.24, 2.45) is 11.8 Å². The molecule has 1 aliphatic rings. The van der Waals surface area contributed by atoms with Gasteiger partial charge in [-0.3, -0.25) is 0 Å². The van der Waals surface area contributed by atoms with E-state index in [2.05, 4.69) is 18.7 Å². The van der Waals surface area contributed by atoms with Crippen molar-refractivity contribution >= 4 is 5.69 Å². The maximum Gasteiger partial charge on any atom is 0.263 e. The van der Waals surface area contributed by atoms with Crippen molar-refractivity contribution in [3.63, 3.8) is 0 Å². The van der Waals surface area contributed by atoms with Crippen LogP contribution >= 0.6 is 0 Å². The van der Waals surface area contributed by atoms with Crippen LogP contribution in [0.2, 0.25) is 0 Å². The van der Waals surface area contributed by atoms with Crippen molar-refractivity contribution in [3.8, 4) is 0 Å². The normalized spacial score (nSPS) is 16.7. The lowest BCUT2D eigenvalue weighted by atomic mass is 9.90. The molecule has 0 amide bonds. The van der Waals surface area contributed by atoms with Crippen LogP contribution in [0.3, 0.4) is 0 Å². The molecule has 0 bridgehead atoms. The van der Waals surface area contributed by atoms with E-state index in [1.54, 1.807) is 12.1 Å². The van der Waals surface area contributed by atoms with Crippen LogP contribution in [0.1, 0.15) is 32.3 Å². The molecule has 0 aliphatic carbocycles. The summed E-state index contributed by atoms with van der Waals surface area (Å²) in [4.78, 5) is 2.25. The number of anilines is 1. The first-order valence-electron chi connectivity index (χ1n) is 6.19. The Morgan fingerprint density at radius 2 is 1.76 bits per heavy atom. The Morgan fingerprint density at radius 3 is 2.24 bits per heavy atom. The minimum atomic E-state index is -2.37. The summed E-state index contributed by atoms with van der Waals surface area (Å²) in [5.41, 5.74) is 1.17. The van der Waals surface area contributed by atoms with Crippen molar-refractivity contribution in [3.05, 3.63) is 29.8 Å². The first-order valence-corrected chi connectivity index (χ1v) is 6.19. The molecule has 1 aromatic rings. The molecule has 0 aromatic heterocycles. The van der Waals surface area contributed by atoms with Gasteiger partial charge < -0.3 is 4.90 Å². The molecular formula is C14H19F2N. The van der Waals surface area contributed by atoms with E-state index in [-0.39, 0.29) is 5.56 Å². The molecule has 1 aromatic carbocycles. The molecule has 0 unspecified atom stereocenters. The highest BCUT2D eigenvalue weighted by molar-refractivity contribution is 5.50. The lowest BCUT2D eigenvalue weighted by Crippen LogP contribution is -2.47. The van der Waals surface area contributed by atoms with Crippen LogP contribution in [0, 0.1) is 11.8 Å². The maximum atomic E-state index is 12.4. The zero-order chi connectivity index (χ0) is 12.4. The highest BCUT2D eigenvalue weighted by Gasteiger charge is 2.27. The number of halogens is 2. The van der Waals surface area contributed by atoms with Crippen LogP contribution in [-0.2, 0) is 0 Å². The Labute approximate surface area is 101 Å². The van der Waals surface area contributed by atoms with Crippen molar-refractivity contribution in [1.29, 1.82) is 0 Å². The molecule has 1 nitrogen and oxygen atoms in total. The van der Waals surface area contributed by atoms with Crippen molar-refractivity contribution < 1.29 is 8.78 Å². The number of hydrogen-bond acceptors (Lipinski definition) is 1. The predicted octanol–water partition coefficient (Wildman–Crippen LogP) is 4.11. The van der Waals surface area contributed by atoms with Gasteiger partial charge in [0.05, 0.1) is 0 Å². The smallest absolute Gasteiger partial charge is 0.263 e. The van der Waals surface area contributed by atoms with Crippen LogP contribution in [0.5, 0.6) is 0 Å². The molecule has 1 saturated heterocycles. The quantitative estimate of drug-likeness (QED) is 0.764. The molecule has 0 radical (unpaired) electrons. The third-order valence-electron chi connectivity index (χ3n) is 3.27. The highest BCUT2D eigenvalue weighted by Crippen LogP contribution is 2.30. The minimum absolute atomic E-state index is 0.105. The maximum absolute atomic E-state index is 12.4. The van der Waals surface area contributed by atoms with E-state index < -0.39 is 6.43 Å². The average Bonchev–Trinajstić information content (AvgIpc) is 2.23. The molecule has 0 N–H and O–H groups in total. The number of hydrogen-bond donors (Lipinski definition) is 0.